The molecule has 98 valence electrons. The van der Waals surface area contributed by atoms with Gasteiger partial charge in [0.2, 0.25) is 0 Å². The second kappa shape index (κ2) is 4.68. The first-order valence-electron chi connectivity index (χ1n) is 4.84. The van der Waals surface area contributed by atoms with Crippen LogP contribution in [0.4, 0.5) is 27.1 Å². The minimum absolute atomic E-state index is 0.0518. The van der Waals surface area contributed by atoms with E-state index < -0.39 is 24.7 Å². The number of nitrogens with one attached hydrogen (secondary N) is 1. The van der Waals surface area contributed by atoms with Crippen molar-refractivity contribution in [3.8, 4) is 0 Å². The summed E-state index contributed by atoms with van der Waals surface area (Å²) in [4.78, 5) is 3.83. The minimum Gasteiger partial charge on any atom is -0.355 e. The fourth-order valence-corrected chi connectivity index (χ4v) is 2.09. The summed E-state index contributed by atoms with van der Waals surface area (Å²) >= 11 is 0.991. The molecule has 1 N–H and O–H groups in total. The summed E-state index contributed by atoms with van der Waals surface area (Å²) in [6, 6.07) is 3.79. The van der Waals surface area contributed by atoms with Gasteiger partial charge in [-0.3, -0.25) is 0 Å². The SMILES string of the molecule is Fc1ccc2sc(NCC(F)(F)C(F)F)nc2c1. The highest BCUT2D eigenvalue weighted by molar-refractivity contribution is 7.22. The second-order valence-corrected chi connectivity index (χ2v) is 4.58. The van der Waals surface area contributed by atoms with Crippen LogP contribution < -0.4 is 5.32 Å². The molecule has 0 aliphatic heterocycles. The lowest BCUT2D eigenvalue weighted by atomic mass is 10.3. The third-order valence-corrected chi connectivity index (χ3v) is 3.14. The number of thiazole rings is 1. The maximum absolute atomic E-state index is 12.9. The zero-order chi connectivity index (χ0) is 13.3. The number of benzene rings is 1. The molecule has 18 heavy (non-hydrogen) atoms. The molecule has 0 aliphatic rings. The first-order chi connectivity index (χ1) is 8.38. The summed E-state index contributed by atoms with van der Waals surface area (Å²) in [5.41, 5.74) is 0.294. The van der Waals surface area contributed by atoms with Crippen LogP contribution in [0, 0.1) is 5.82 Å². The van der Waals surface area contributed by atoms with Crippen LogP contribution in [0.15, 0.2) is 18.2 Å². The fourth-order valence-electron chi connectivity index (χ4n) is 1.25. The maximum Gasteiger partial charge on any atom is 0.324 e. The molecule has 0 aliphatic carbocycles. The average molecular weight is 282 g/mol. The van der Waals surface area contributed by atoms with E-state index in [2.05, 4.69) is 10.3 Å². The van der Waals surface area contributed by atoms with Crippen LogP contribution >= 0.6 is 11.3 Å². The lowest BCUT2D eigenvalue weighted by molar-refractivity contribution is -0.117. The van der Waals surface area contributed by atoms with Crippen LogP contribution in [0.25, 0.3) is 10.2 Å². The molecule has 0 amide bonds. The smallest absolute Gasteiger partial charge is 0.324 e. The molecule has 0 unspecified atom stereocenters. The Hall–Kier alpha value is -1.44. The van der Waals surface area contributed by atoms with Gasteiger partial charge < -0.3 is 5.32 Å². The summed E-state index contributed by atoms with van der Waals surface area (Å²) in [7, 11) is 0. The number of alkyl halides is 4. The van der Waals surface area contributed by atoms with Crippen molar-refractivity contribution in [2.45, 2.75) is 12.3 Å². The van der Waals surface area contributed by atoms with Crippen molar-refractivity contribution in [2.24, 2.45) is 0 Å². The summed E-state index contributed by atoms with van der Waals surface area (Å²) in [6.07, 6.45) is -3.74. The molecule has 0 spiro atoms. The van der Waals surface area contributed by atoms with E-state index in [1.807, 2.05) is 0 Å². The standard InChI is InChI=1S/C10H7F5N2S/c11-5-1-2-7-6(3-5)17-9(18-7)16-4-10(14,15)8(12)13/h1-3,8H,4H2,(H,16,17). The van der Waals surface area contributed by atoms with Gasteiger partial charge in [0.05, 0.1) is 16.8 Å². The molecule has 8 heteroatoms. The topological polar surface area (TPSA) is 24.9 Å². The van der Waals surface area contributed by atoms with Gasteiger partial charge in [0.15, 0.2) is 5.13 Å². The Kier molecular flexibility index (Phi) is 3.38. The van der Waals surface area contributed by atoms with Gasteiger partial charge >= 0.3 is 12.3 Å². The molecule has 0 saturated heterocycles. The van der Waals surface area contributed by atoms with E-state index in [9.17, 15) is 22.0 Å². The molecule has 0 atom stereocenters. The number of fused-ring (bicyclic) bond motifs is 1. The van der Waals surface area contributed by atoms with Gasteiger partial charge in [-0.15, -0.1) is 0 Å². The maximum atomic E-state index is 12.9. The number of halogens is 5. The third-order valence-electron chi connectivity index (χ3n) is 2.14. The molecule has 2 aromatic rings. The van der Waals surface area contributed by atoms with Crippen molar-refractivity contribution in [1.29, 1.82) is 0 Å². The van der Waals surface area contributed by atoms with Crippen LogP contribution in [-0.2, 0) is 0 Å². The van der Waals surface area contributed by atoms with Crippen LogP contribution in [0.2, 0.25) is 0 Å². The van der Waals surface area contributed by atoms with Crippen molar-refractivity contribution in [3.63, 3.8) is 0 Å². The molecule has 1 heterocycles. The quantitative estimate of drug-likeness (QED) is 0.864. The first-order valence-corrected chi connectivity index (χ1v) is 5.66. The number of aromatic nitrogens is 1. The first kappa shape index (κ1) is 13.0. The van der Waals surface area contributed by atoms with Gasteiger partial charge in [-0.25, -0.2) is 18.2 Å². The van der Waals surface area contributed by atoms with Gasteiger partial charge in [0, 0.05) is 6.07 Å². The van der Waals surface area contributed by atoms with Crippen LogP contribution in [0.1, 0.15) is 0 Å². The number of rotatable bonds is 4. The van der Waals surface area contributed by atoms with Crippen LogP contribution in [0.5, 0.6) is 0 Å². The Morgan fingerprint density at radius 2 is 2.06 bits per heavy atom. The van der Waals surface area contributed by atoms with E-state index in [1.165, 1.54) is 12.1 Å². The second-order valence-electron chi connectivity index (χ2n) is 3.55. The zero-order valence-corrected chi connectivity index (χ0v) is 9.58. The Bertz CT molecular complexity index is 554. The van der Waals surface area contributed by atoms with E-state index in [-0.39, 0.29) is 5.13 Å². The van der Waals surface area contributed by atoms with E-state index in [4.69, 9.17) is 0 Å². The molecular formula is C10H7F5N2S. The van der Waals surface area contributed by atoms with Gasteiger partial charge in [-0.05, 0) is 12.1 Å². The highest BCUT2D eigenvalue weighted by Gasteiger charge is 2.40. The molecule has 1 aromatic carbocycles. The number of anilines is 1. The van der Waals surface area contributed by atoms with E-state index in [0.29, 0.717) is 10.2 Å². The molecule has 0 bridgehead atoms. The van der Waals surface area contributed by atoms with Crippen molar-refractivity contribution in [3.05, 3.63) is 24.0 Å². The number of hydrogen-bond donors (Lipinski definition) is 1. The predicted molar refractivity (Wildman–Crippen MR) is 59.0 cm³/mol. The Morgan fingerprint density at radius 1 is 1.33 bits per heavy atom. The lowest BCUT2D eigenvalue weighted by Gasteiger charge is -2.14. The largest absolute Gasteiger partial charge is 0.355 e. The van der Waals surface area contributed by atoms with Gasteiger partial charge in [-0.1, -0.05) is 11.3 Å². The third kappa shape index (κ3) is 2.69. The van der Waals surface area contributed by atoms with E-state index >= 15 is 0 Å². The molecule has 2 nitrogen and oxygen atoms in total. The fraction of sp³-hybridized carbons (Fsp3) is 0.300. The van der Waals surface area contributed by atoms with Crippen LogP contribution in [0.3, 0.4) is 0 Å². The predicted octanol–water partition coefficient (Wildman–Crippen LogP) is 3.75. The summed E-state index contributed by atoms with van der Waals surface area (Å²) < 4.78 is 62.6. The number of nitrogens with zero attached hydrogens (tertiary/aromatic N) is 1. The Morgan fingerprint density at radius 3 is 2.72 bits per heavy atom. The van der Waals surface area contributed by atoms with Gasteiger partial charge in [0.1, 0.15) is 5.82 Å². The van der Waals surface area contributed by atoms with Crippen LogP contribution in [-0.4, -0.2) is 23.9 Å². The molecule has 2 rings (SSSR count). The van der Waals surface area contributed by atoms with Crippen molar-refractivity contribution >= 4 is 26.7 Å². The van der Waals surface area contributed by atoms with Gasteiger partial charge in [-0.2, -0.15) is 8.78 Å². The lowest BCUT2D eigenvalue weighted by Crippen LogP contribution is -2.34. The zero-order valence-electron chi connectivity index (χ0n) is 8.76. The van der Waals surface area contributed by atoms with Crippen molar-refractivity contribution in [2.75, 3.05) is 11.9 Å². The Balaban J connectivity index is 2.13. The van der Waals surface area contributed by atoms with Crippen molar-refractivity contribution in [1.82, 2.24) is 4.98 Å². The van der Waals surface area contributed by atoms with Crippen molar-refractivity contribution < 1.29 is 22.0 Å². The molecule has 0 saturated carbocycles. The monoisotopic (exact) mass is 282 g/mol. The number of hydrogen-bond acceptors (Lipinski definition) is 3. The average Bonchev–Trinajstić information content (AvgIpc) is 2.68. The summed E-state index contributed by atoms with van der Waals surface area (Å²) in [5, 5.41) is 2.18. The highest BCUT2D eigenvalue weighted by Crippen LogP contribution is 2.28. The molecule has 0 fully saturated rings. The molecule has 0 radical (unpaired) electrons. The molecule has 1 aromatic heterocycles. The summed E-state index contributed by atoms with van der Waals surface area (Å²) in [5.74, 6) is -4.62. The normalized spacial score (nSPS) is 12.3. The Labute approximate surface area is 102 Å². The van der Waals surface area contributed by atoms with Gasteiger partial charge in [0.25, 0.3) is 0 Å². The van der Waals surface area contributed by atoms with E-state index in [0.717, 1.165) is 17.4 Å². The molecular weight excluding hydrogens is 275 g/mol. The highest BCUT2D eigenvalue weighted by atomic mass is 32.1. The minimum atomic E-state index is -4.12. The van der Waals surface area contributed by atoms with E-state index in [1.54, 1.807) is 0 Å². The summed E-state index contributed by atoms with van der Waals surface area (Å²) in [6.45, 7) is -1.22.